The minimum atomic E-state index is -0.231. The van der Waals surface area contributed by atoms with Crippen LogP contribution < -0.4 is 4.74 Å². The van der Waals surface area contributed by atoms with E-state index in [2.05, 4.69) is 33.0 Å². The number of rotatable bonds is 5. The minimum absolute atomic E-state index is 0.231. The van der Waals surface area contributed by atoms with Gasteiger partial charge < -0.3 is 9.72 Å². The van der Waals surface area contributed by atoms with E-state index in [1.165, 1.54) is 0 Å². The van der Waals surface area contributed by atoms with Crippen molar-refractivity contribution in [1.82, 2.24) is 24.8 Å². The number of nitrogens with one attached hydrogen (secondary N) is 1. The Kier molecular flexibility index (Phi) is 5.83. The molecule has 1 fully saturated rings. The highest BCUT2D eigenvalue weighted by atomic mass is 16.5. The second-order valence-electron chi connectivity index (χ2n) is 8.79. The fourth-order valence-electron chi connectivity index (χ4n) is 3.78. The highest BCUT2D eigenvalue weighted by Gasteiger charge is 2.18. The zero-order chi connectivity index (χ0) is 20.3. The standard InChI is InChI=1S/C23H31N5O/c1-23(2,3)29-22-11-6-8-18(24-22)16-27-12-7-13-28(15-14-27)17-21-25-19-9-4-5-10-20(19)26-21/h4-6,8-11H,7,12-17H2,1-3H3,(H,25,26). The van der Waals surface area contributed by atoms with Crippen LogP contribution in [-0.4, -0.2) is 56.5 Å². The fraction of sp³-hybridized carbons (Fsp3) is 0.478. The summed E-state index contributed by atoms with van der Waals surface area (Å²) in [6, 6.07) is 14.3. The van der Waals surface area contributed by atoms with Gasteiger partial charge in [0.1, 0.15) is 11.4 Å². The lowest BCUT2D eigenvalue weighted by atomic mass is 10.2. The number of nitrogens with zero attached hydrogens (tertiary/aromatic N) is 4. The van der Waals surface area contributed by atoms with Crippen molar-refractivity contribution in [2.45, 2.75) is 45.9 Å². The SMILES string of the molecule is CC(C)(C)Oc1cccc(CN2CCCN(Cc3nc4ccccc4[nH]3)CC2)n1. The maximum absolute atomic E-state index is 5.92. The number of benzene rings is 1. The van der Waals surface area contributed by atoms with Crippen LogP contribution in [0.3, 0.4) is 0 Å². The van der Waals surface area contributed by atoms with Crippen LogP contribution in [0.5, 0.6) is 5.88 Å². The number of hydrogen-bond acceptors (Lipinski definition) is 5. The minimum Gasteiger partial charge on any atom is -0.472 e. The molecule has 1 N–H and O–H groups in total. The molecule has 0 amide bonds. The van der Waals surface area contributed by atoms with Gasteiger partial charge in [-0.25, -0.2) is 9.97 Å². The van der Waals surface area contributed by atoms with Crippen LogP contribution in [-0.2, 0) is 13.1 Å². The quantitative estimate of drug-likeness (QED) is 0.714. The summed E-state index contributed by atoms with van der Waals surface area (Å²) in [4.78, 5) is 17.9. The first kappa shape index (κ1) is 19.9. The molecular weight excluding hydrogens is 362 g/mol. The van der Waals surface area contributed by atoms with Crippen molar-refractivity contribution in [3.8, 4) is 5.88 Å². The predicted octanol–water partition coefficient (Wildman–Crippen LogP) is 3.84. The Bertz CT molecular complexity index is 913. The first-order chi connectivity index (χ1) is 13.9. The summed E-state index contributed by atoms with van der Waals surface area (Å²) in [7, 11) is 0. The Morgan fingerprint density at radius 2 is 1.66 bits per heavy atom. The molecule has 0 saturated carbocycles. The molecule has 0 spiro atoms. The average Bonchev–Trinajstić information content (AvgIpc) is 2.94. The number of aromatic nitrogens is 3. The van der Waals surface area contributed by atoms with E-state index < -0.39 is 0 Å². The lowest BCUT2D eigenvalue weighted by molar-refractivity contribution is 0.123. The Hall–Kier alpha value is -2.44. The third-order valence-corrected chi connectivity index (χ3v) is 5.07. The summed E-state index contributed by atoms with van der Waals surface area (Å²) in [6.45, 7) is 12.1. The van der Waals surface area contributed by atoms with Crippen LogP contribution in [0.2, 0.25) is 0 Å². The lowest BCUT2D eigenvalue weighted by Crippen LogP contribution is -2.31. The number of fused-ring (bicyclic) bond motifs is 1. The summed E-state index contributed by atoms with van der Waals surface area (Å²) < 4.78 is 5.92. The van der Waals surface area contributed by atoms with Crippen molar-refractivity contribution in [3.63, 3.8) is 0 Å². The molecule has 0 aliphatic carbocycles. The first-order valence-electron chi connectivity index (χ1n) is 10.5. The molecule has 1 aromatic carbocycles. The predicted molar refractivity (Wildman–Crippen MR) is 116 cm³/mol. The van der Waals surface area contributed by atoms with Gasteiger partial charge in [0.05, 0.1) is 23.3 Å². The van der Waals surface area contributed by atoms with Gasteiger partial charge in [0.25, 0.3) is 0 Å². The number of imidazole rings is 1. The largest absolute Gasteiger partial charge is 0.472 e. The van der Waals surface area contributed by atoms with E-state index in [0.29, 0.717) is 5.88 Å². The van der Waals surface area contributed by atoms with Gasteiger partial charge in [-0.1, -0.05) is 18.2 Å². The molecule has 6 heteroatoms. The van der Waals surface area contributed by atoms with Crippen LogP contribution in [0, 0.1) is 0 Å². The molecular formula is C23H31N5O. The van der Waals surface area contributed by atoms with Crippen molar-refractivity contribution in [2.24, 2.45) is 0 Å². The van der Waals surface area contributed by atoms with Gasteiger partial charge in [-0.2, -0.15) is 0 Å². The third kappa shape index (κ3) is 5.55. The molecule has 154 valence electrons. The van der Waals surface area contributed by atoms with Crippen molar-refractivity contribution < 1.29 is 4.74 Å². The number of ether oxygens (including phenoxy) is 1. The summed E-state index contributed by atoms with van der Waals surface area (Å²) in [6.07, 6.45) is 1.15. The summed E-state index contributed by atoms with van der Waals surface area (Å²) in [5.41, 5.74) is 2.99. The van der Waals surface area contributed by atoms with E-state index >= 15 is 0 Å². The topological polar surface area (TPSA) is 57.3 Å². The monoisotopic (exact) mass is 393 g/mol. The van der Waals surface area contributed by atoms with E-state index in [-0.39, 0.29) is 5.60 Å². The van der Waals surface area contributed by atoms with Crippen LogP contribution >= 0.6 is 0 Å². The molecule has 1 saturated heterocycles. The molecule has 0 bridgehead atoms. The molecule has 6 nitrogen and oxygen atoms in total. The van der Waals surface area contributed by atoms with Crippen molar-refractivity contribution in [2.75, 3.05) is 26.2 Å². The highest BCUT2D eigenvalue weighted by Crippen LogP contribution is 2.17. The molecule has 3 heterocycles. The Labute approximate surface area is 172 Å². The van der Waals surface area contributed by atoms with E-state index in [9.17, 15) is 0 Å². The van der Waals surface area contributed by atoms with E-state index in [1.54, 1.807) is 0 Å². The zero-order valence-electron chi connectivity index (χ0n) is 17.7. The smallest absolute Gasteiger partial charge is 0.213 e. The van der Waals surface area contributed by atoms with Crippen molar-refractivity contribution >= 4 is 11.0 Å². The highest BCUT2D eigenvalue weighted by molar-refractivity contribution is 5.74. The molecule has 0 radical (unpaired) electrons. The van der Waals surface area contributed by atoms with Gasteiger partial charge in [0.15, 0.2) is 0 Å². The van der Waals surface area contributed by atoms with Crippen LogP contribution in [0.15, 0.2) is 42.5 Å². The summed E-state index contributed by atoms with van der Waals surface area (Å²) in [5, 5.41) is 0. The average molecular weight is 394 g/mol. The summed E-state index contributed by atoms with van der Waals surface area (Å²) in [5.74, 6) is 1.75. The van der Waals surface area contributed by atoms with Crippen LogP contribution in [0.25, 0.3) is 11.0 Å². The van der Waals surface area contributed by atoms with Gasteiger partial charge in [-0.15, -0.1) is 0 Å². The fourth-order valence-corrected chi connectivity index (χ4v) is 3.78. The Morgan fingerprint density at radius 1 is 0.897 bits per heavy atom. The zero-order valence-corrected chi connectivity index (χ0v) is 17.7. The van der Waals surface area contributed by atoms with Gasteiger partial charge in [-0.3, -0.25) is 9.80 Å². The van der Waals surface area contributed by atoms with Gasteiger partial charge in [-0.05, 0) is 58.5 Å². The molecule has 1 aliphatic heterocycles. The third-order valence-electron chi connectivity index (χ3n) is 5.07. The van der Waals surface area contributed by atoms with Crippen molar-refractivity contribution in [1.29, 1.82) is 0 Å². The van der Waals surface area contributed by atoms with Gasteiger partial charge in [0, 0.05) is 25.7 Å². The number of pyridine rings is 1. The normalized spacial score (nSPS) is 16.8. The number of hydrogen-bond donors (Lipinski definition) is 1. The number of H-pyrrole nitrogens is 1. The molecule has 2 aromatic heterocycles. The first-order valence-corrected chi connectivity index (χ1v) is 10.5. The van der Waals surface area contributed by atoms with Crippen LogP contribution in [0.4, 0.5) is 0 Å². The Balaban J connectivity index is 1.33. The van der Waals surface area contributed by atoms with Gasteiger partial charge in [0.2, 0.25) is 5.88 Å². The molecule has 4 rings (SSSR count). The second-order valence-corrected chi connectivity index (χ2v) is 8.79. The van der Waals surface area contributed by atoms with E-state index in [1.807, 2.05) is 45.0 Å². The molecule has 0 unspecified atom stereocenters. The number of aromatic amines is 1. The molecule has 0 atom stereocenters. The second kappa shape index (κ2) is 8.51. The molecule has 29 heavy (non-hydrogen) atoms. The Morgan fingerprint density at radius 3 is 2.41 bits per heavy atom. The van der Waals surface area contributed by atoms with E-state index in [4.69, 9.17) is 14.7 Å². The molecule has 1 aliphatic rings. The summed E-state index contributed by atoms with van der Waals surface area (Å²) >= 11 is 0. The van der Waals surface area contributed by atoms with Crippen molar-refractivity contribution in [3.05, 3.63) is 54.0 Å². The van der Waals surface area contributed by atoms with Gasteiger partial charge >= 0.3 is 0 Å². The maximum Gasteiger partial charge on any atom is 0.213 e. The van der Waals surface area contributed by atoms with Crippen LogP contribution in [0.1, 0.15) is 38.7 Å². The maximum atomic E-state index is 5.92. The van der Waals surface area contributed by atoms with E-state index in [0.717, 1.165) is 68.2 Å². The molecule has 3 aromatic rings. The number of para-hydroxylation sites is 2. The lowest BCUT2D eigenvalue weighted by Gasteiger charge is -2.22.